The second-order valence-corrected chi connectivity index (χ2v) is 5.43. The molecule has 2 aliphatic heterocycles. The highest BCUT2D eigenvalue weighted by Gasteiger charge is 2.53. The van der Waals surface area contributed by atoms with Gasteiger partial charge in [0.1, 0.15) is 24.4 Å². The van der Waals surface area contributed by atoms with Gasteiger partial charge in [0.2, 0.25) is 6.29 Å². The second-order valence-electron chi connectivity index (χ2n) is 5.43. The van der Waals surface area contributed by atoms with Crippen LogP contribution in [0.4, 0.5) is 0 Å². The van der Waals surface area contributed by atoms with Gasteiger partial charge in [0, 0.05) is 11.8 Å². The van der Waals surface area contributed by atoms with Crippen molar-refractivity contribution in [1.82, 2.24) is 0 Å². The van der Waals surface area contributed by atoms with Crippen molar-refractivity contribution >= 4 is 5.97 Å². The van der Waals surface area contributed by atoms with Crippen LogP contribution in [-0.2, 0) is 28.6 Å². The lowest BCUT2D eigenvalue weighted by Gasteiger charge is -2.49. The minimum atomic E-state index is -1.54. The van der Waals surface area contributed by atoms with Crippen molar-refractivity contribution in [2.45, 2.75) is 57.2 Å². The van der Waals surface area contributed by atoms with Crippen LogP contribution in [0.5, 0.6) is 0 Å². The van der Waals surface area contributed by atoms with Crippen molar-refractivity contribution in [3.05, 3.63) is 20.6 Å². The van der Waals surface area contributed by atoms with E-state index in [0.717, 1.165) is 6.92 Å². The molecule has 0 aromatic heterocycles. The zero-order chi connectivity index (χ0) is 17.2. The van der Waals surface area contributed by atoms with E-state index in [0.29, 0.717) is 0 Å². The van der Waals surface area contributed by atoms with Gasteiger partial charge in [-0.2, -0.15) is 0 Å². The Morgan fingerprint density at radius 1 is 1.52 bits per heavy atom. The van der Waals surface area contributed by atoms with Crippen LogP contribution in [0.25, 0.3) is 10.4 Å². The van der Waals surface area contributed by atoms with Crippen molar-refractivity contribution in [2.75, 3.05) is 6.61 Å². The molecule has 0 bridgehead atoms. The maximum atomic E-state index is 11.4. The Morgan fingerprint density at radius 2 is 2.22 bits per heavy atom. The first kappa shape index (κ1) is 17.2. The average Bonchev–Trinajstić information content (AvgIpc) is 2.41. The largest absolute Gasteiger partial charge is 0.459 e. The fourth-order valence-corrected chi connectivity index (χ4v) is 2.49. The summed E-state index contributed by atoms with van der Waals surface area (Å²) in [5.41, 5.74) is 8.69. The van der Waals surface area contributed by atoms with Crippen LogP contribution < -0.4 is 0 Å². The summed E-state index contributed by atoms with van der Waals surface area (Å²) >= 11 is 0. The molecule has 2 aliphatic rings. The number of fused-ring (bicyclic) bond motifs is 1. The number of esters is 1. The van der Waals surface area contributed by atoms with E-state index in [1.165, 1.54) is 0 Å². The molecule has 12 heteroatoms. The van der Waals surface area contributed by atoms with Crippen molar-refractivity contribution < 1.29 is 33.7 Å². The second kappa shape index (κ2) is 6.54. The zero-order valence-corrected chi connectivity index (χ0v) is 12.6. The summed E-state index contributed by atoms with van der Waals surface area (Å²) < 4.78 is 21.7. The standard InChI is InChI=1S/C11H16N4O8/c1-5(16)20-9-7(13-14-12)10(23-15(17)18)21-6-4-19-11(2,3)22-8(6)9/h6-10H,4H2,1-3H3/t6-,7-,8-,9-,10?/m1/s1. The molecule has 0 aromatic carbocycles. The summed E-state index contributed by atoms with van der Waals surface area (Å²) in [7, 11) is 0. The van der Waals surface area contributed by atoms with Crippen LogP contribution in [-0.4, -0.2) is 54.1 Å². The Balaban J connectivity index is 2.34. The number of hydrogen-bond donors (Lipinski definition) is 0. The first-order chi connectivity index (χ1) is 10.7. The molecule has 0 aliphatic carbocycles. The van der Waals surface area contributed by atoms with E-state index in [1.807, 2.05) is 0 Å². The van der Waals surface area contributed by atoms with Gasteiger partial charge in [0.15, 0.2) is 5.79 Å². The van der Waals surface area contributed by atoms with Crippen LogP contribution in [0.15, 0.2) is 5.11 Å². The predicted octanol–water partition coefficient (Wildman–Crippen LogP) is 0.682. The van der Waals surface area contributed by atoms with Crippen LogP contribution in [0, 0.1) is 10.1 Å². The third-order valence-electron chi connectivity index (χ3n) is 3.31. The third kappa shape index (κ3) is 3.99. The molecule has 5 atom stereocenters. The van der Waals surface area contributed by atoms with Gasteiger partial charge in [-0.15, -0.1) is 10.1 Å². The molecule has 0 radical (unpaired) electrons. The number of carbonyl (C=O) groups is 1. The van der Waals surface area contributed by atoms with Gasteiger partial charge in [0.05, 0.1) is 6.61 Å². The average molecular weight is 332 g/mol. The van der Waals surface area contributed by atoms with Gasteiger partial charge in [-0.3, -0.25) is 9.63 Å². The minimum Gasteiger partial charge on any atom is -0.459 e. The van der Waals surface area contributed by atoms with Crippen molar-refractivity contribution in [3.63, 3.8) is 0 Å². The highest BCUT2D eigenvalue weighted by Crippen LogP contribution is 2.35. The molecular formula is C11H16N4O8. The molecule has 1 unspecified atom stereocenters. The van der Waals surface area contributed by atoms with Crippen LogP contribution >= 0.6 is 0 Å². The SMILES string of the molecule is CC(=O)O[C@H]1[C@@H]2OC(C)(C)OC[C@H]2OC(O[N+](=O)[O-])[C@@H]1N=[N+]=[N-]. The molecular weight excluding hydrogens is 316 g/mol. The van der Waals surface area contributed by atoms with Crippen molar-refractivity contribution in [3.8, 4) is 0 Å². The van der Waals surface area contributed by atoms with E-state index in [2.05, 4.69) is 14.9 Å². The topological polar surface area (TPSA) is 155 Å². The van der Waals surface area contributed by atoms with Gasteiger partial charge in [-0.05, 0) is 19.4 Å². The molecule has 0 amide bonds. The van der Waals surface area contributed by atoms with Gasteiger partial charge in [-0.25, -0.2) is 0 Å². The molecule has 0 N–H and O–H groups in total. The van der Waals surface area contributed by atoms with Crippen LogP contribution in [0.3, 0.4) is 0 Å². The molecule has 12 nitrogen and oxygen atoms in total. The molecule has 2 rings (SSSR count). The Kier molecular flexibility index (Phi) is 4.90. The molecule has 0 spiro atoms. The molecule has 0 aromatic rings. The van der Waals surface area contributed by atoms with Gasteiger partial charge in [-0.1, -0.05) is 5.11 Å². The van der Waals surface area contributed by atoms with Crippen LogP contribution in [0.2, 0.25) is 0 Å². The summed E-state index contributed by atoms with van der Waals surface area (Å²) in [6, 6.07) is -1.29. The first-order valence-electron chi connectivity index (χ1n) is 6.73. The van der Waals surface area contributed by atoms with E-state index in [-0.39, 0.29) is 6.61 Å². The number of rotatable bonds is 4. The van der Waals surface area contributed by atoms with E-state index < -0.39 is 47.5 Å². The lowest BCUT2D eigenvalue weighted by molar-refractivity contribution is -0.784. The smallest absolute Gasteiger partial charge is 0.303 e. The van der Waals surface area contributed by atoms with Gasteiger partial charge >= 0.3 is 5.97 Å². The number of ether oxygens (including phenoxy) is 4. The molecule has 2 fully saturated rings. The summed E-state index contributed by atoms with van der Waals surface area (Å²) in [4.78, 5) is 29.0. The van der Waals surface area contributed by atoms with Crippen molar-refractivity contribution in [2.24, 2.45) is 5.11 Å². The Morgan fingerprint density at radius 3 is 2.78 bits per heavy atom. The maximum Gasteiger partial charge on any atom is 0.303 e. The fourth-order valence-electron chi connectivity index (χ4n) is 2.49. The molecule has 2 saturated heterocycles. The lowest BCUT2D eigenvalue weighted by Crippen LogP contribution is -2.65. The highest BCUT2D eigenvalue weighted by atomic mass is 17.0. The van der Waals surface area contributed by atoms with Gasteiger partial charge < -0.3 is 18.9 Å². The lowest BCUT2D eigenvalue weighted by atomic mass is 9.95. The highest BCUT2D eigenvalue weighted by molar-refractivity contribution is 5.66. The number of carbonyl (C=O) groups excluding carboxylic acids is 1. The van der Waals surface area contributed by atoms with E-state index in [1.54, 1.807) is 13.8 Å². The maximum absolute atomic E-state index is 11.4. The number of azide groups is 1. The van der Waals surface area contributed by atoms with E-state index in [4.69, 9.17) is 24.5 Å². The number of nitrogens with zero attached hydrogens (tertiary/aromatic N) is 4. The van der Waals surface area contributed by atoms with Crippen LogP contribution in [0.1, 0.15) is 20.8 Å². The Hall–Kier alpha value is -2.14. The fraction of sp³-hybridized carbons (Fsp3) is 0.909. The third-order valence-corrected chi connectivity index (χ3v) is 3.31. The quantitative estimate of drug-likeness (QED) is 0.182. The van der Waals surface area contributed by atoms with Gasteiger partial charge in [0.25, 0.3) is 5.09 Å². The number of hydrogen-bond acceptors (Lipinski definition) is 9. The molecule has 2 heterocycles. The molecule has 23 heavy (non-hydrogen) atoms. The normalized spacial score (nSPS) is 35.3. The zero-order valence-electron chi connectivity index (χ0n) is 12.6. The Labute approximate surface area is 130 Å². The minimum absolute atomic E-state index is 0.0377. The van der Waals surface area contributed by atoms with Crippen molar-refractivity contribution in [1.29, 1.82) is 0 Å². The molecule has 0 saturated carbocycles. The van der Waals surface area contributed by atoms with E-state index >= 15 is 0 Å². The summed E-state index contributed by atoms with van der Waals surface area (Å²) in [6.45, 7) is 4.49. The predicted molar refractivity (Wildman–Crippen MR) is 70.1 cm³/mol. The molecule has 128 valence electrons. The van der Waals surface area contributed by atoms with E-state index in [9.17, 15) is 14.9 Å². The summed E-state index contributed by atoms with van der Waals surface area (Å²) in [5, 5.41) is 12.9. The Bertz CT molecular complexity index is 534. The first-order valence-corrected chi connectivity index (χ1v) is 6.73. The monoisotopic (exact) mass is 332 g/mol. The summed E-state index contributed by atoms with van der Waals surface area (Å²) in [5.74, 6) is -1.65. The summed E-state index contributed by atoms with van der Waals surface area (Å²) in [6.07, 6.45) is -4.28.